The van der Waals surface area contributed by atoms with Crippen LogP contribution in [-0.2, 0) is 0 Å². The summed E-state index contributed by atoms with van der Waals surface area (Å²) in [5.41, 5.74) is -6.14. The second-order valence-corrected chi connectivity index (χ2v) is 11.3. The van der Waals surface area contributed by atoms with E-state index in [0.29, 0.717) is 0 Å². The number of benzene rings is 10. The van der Waals surface area contributed by atoms with Crippen molar-refractivity contribution in [1.82, 2.24) is 0 Å². The van der Waals surface area contributed by atoms with Crippen molar-refractivity contribution >= 4 is 75.8 Å². The minimum absolute atomic E-state index is 0.412. The first-order valence-corrected chi connectivity index (χ1v) is 15.2. The Bertz CT molecular complexity index is 4850. The van der Waals surface area contributed by atoms with Crippen molar-refractivity contribution in [2.75, 3.05) is 0 Å². The van der Waals surface area contributed by atoms with Gasteiger partial charge in [0.2, 0.25) is 0 Å². The first kappa shape index (κ1) is 11.7. The number of furan rings is 1. The molecule has 10 aromatic carbocycles. The minimum Gasteiger partial charge on any atom is -0.455 e. The van der Waals surface area contributed by atoms with E-state index in [9.17, 15) is 16.4 Å². The predicted octanol–water partition coefficient (Wildman–Crippen LogP) is 14.4. The fourth-order valence-corrected chi connectivity index (χ4v) is 6.41. The molecule has 0 aliphatic heterocycles. The van der Waals surface area contributed by atoms with Crippen LogP contribution in [0.2, 0.25) is 0 Å². The van der Waals surface area contributed by atoms with E-state index in [2.05, 4.69) is 0 Å². The number of hydrogen-bond donors (Lipinski definition) is 0. The summed E-state index contributed by atoms with van der Waals surface area (Å²) < 4.78 is 279. The summed E-state index contributed by atoms with van der Waals surface area (Å²) in [5, 5.41) is -7.85. The highest BCUT2D eigenvalue weighted by Crippen LogP contribution is 2.46. The average molecular weight is 677 g/mol. The zero-order valence-corrected chi connectivity index (χ0v) is 25.4. The van der Waals surface area contributed by atoms with E-state index in [-0.39, 0.29) is 0 Å². The van der Waals surface area contributed by atoms with Crippen molar-refractivity contribution in [3.63, 3.8) is 0 Å². The highest BCUT2D eigenvalue weighted by molar-refractivity contribution is 6.23. The largest absolute Gasteiger partial charge is 0.455 e. The van der Waals surface area contributed by atoms with Crippen LogP contribution >= 0.6 is 0 Å². The standard InChI is InChI=1S/C50H30O/c1-2-13-34-29-35(25-23-31(34)11-1)47-39-16-5-7-18-41(39)48(42-19-8-6-17-40(42)47)36-26-24-33-14-9-20-38(45(33)30-36)43-21-10-22-44-49-37-15-4-3-12-32(37)27-28-46(49)51-50(43)44/h1-30H/i1D,2D,3D,4D,5D,6D,7D,8D,9D,10D,11D,12D,13D,14D,15D,16D,17D,18D,19D,20D,21D,22D,23D,24D,25D,26D,27D,28D,29D,30D. The molecule has 0 saturated heterocycles. The SMILES string of the molecule is [2H]c1c([2H])c([2H])c2c(oc3c([2H])c([2H])c4c([2H])c([2H])c([2H])c([2H])c4c32)c1-c1c([2H])c([2H])c([2H])c2c([2H])c([2H])c(-c3c4c([2H])c([2H])c([2H])c([2H])c4c(-c4c([2H])c([2H])c5c([2H])c([2H])c([2H])c([2H])c5c4[2H])c4c([2H])c([2H])c([2H])c([2H])c34)c([2H])c12. The molecular weight excluding hydrogens is 617 g/mol. The lowest BCUT2D eigenvalue weighted by Crippen LogP contribution is -1.91. The average Bonchev–Trinajstić information content (AvgIpc) is 1.92. The quantitative estimate of drug-likeness (QED) is 0.170. The predicted molar refractivity (Wildman–Crippen MR) is 218 cm³/mol. The molecule has 0 radical (unpaired) electrons. The maximum absolute atomic E-state index is 10.2. The Morgan fingerprint density at radius 1 is 0.333 bits per heavy atom. The Morgan fingerprint density at radius 2 is 0.824 bits per heavy atom. The molecule has 0 bridgehead atoms. The molecule has 1 heterocycles. The zero-order chi connectivity index (χ0) is 59.6. The third-order valence-corrected chi connectivity index (χ3v) is 8.56. The second-order valence-electron chi connectivity index (χ2n) is 11.3. The highest BCUT2D eigenvalue weighted by atomic mass is 16.3. The molecule has 11 rings (SSSR count). The number of para-hydroxylation sites is 1. The summed E-state index contributed by atoms with van der Waals surface area (Å²) in [6.07, 6.45) is 0. The van der Waals surface area contributed by atoms with Crippen LogP contribution in [0.25, 0.3) is 109 Å². The Hall–Kier alpha value is -6.70. The topological polar surface area (TPSA) is 13.1 Å². The third kappa shape index (κ3) is 4.22. The van der Waals surface area contributed by atoms with Gasteiger partial charge in [-0.25, -0.2) is 0 Å². The summed E-state index contributed by atoms with van der Waals surface area (Å²) in [6, 6.07) is -28.3. The van der Waals surface area contributed by atoms with E-state index < -0.39 is 290 Å². The Labute approximate surface area is 336 Å². The Balaban J connectivity index is 1.42. The number of rotatable bonds is 3. The van der Waals surface area contributed by atoms with Crippen molar-refractivity contribution < 1.29 is 45.5 Å². The van der Waals surface area contributed by atoms with Crippen LogP contribution < -0.4 is 0 Å². The normalized spacial score (nSPS) is 20.2. The van der Waals surface area contributed by atoms with Crippen LogP contribution in [0.15, 0.2) is 186 Å². The zero-order valence-electron chi connectivity index (χ0n) is 55.4. The fraction of sp³-hybridized carbons (Fsp3) is 0. The number of hydrogen-bond acceptors (Lipinski definition) is 1. The molecule has 0 aliphatic rings. The van der Waals surface area contributed by atoms with Crippen molar-refractivity contribution in [2.24, 2.45) is 0 Å². The van der Waals surface area contributed by atoms with Gasteiger partial charge in [-0.15, -0.1) is 0 Å². The molecule has 0 spiro atoms. The molecule has 1 heteroatoms. The molecule has 0 amide bonds. The van der Waals surface area contributed by atoms with Gasteiger partial charge in [0.1, 0.15) is 11.2 Å². The highest BCUT2D eigenvalue weighted by Gasteiger charge is 2.19. The molecule has 1 nitrogen and oxygen atoms in total. The van der Waals surface area contributed by atoms with Crippen LogP contribution in [-0.4, -0.2) is 0 Å². The monoisotopic (exact) mass is 676 g/mol. The molecule has 0 atom stereocenters. The maximum Gasteiger partial charge on any atom is 0.143 e. The summed E-state index contributed by atoms with van der Waals surface area (Å²) in [6.45, 7) is 0. The van der Waals surface area contributed by atoms with E-state index in [1.54, 1.807) is 0 Å². The van der Waals surface area contributed by atoms with Gasteiger partial charge in [0.25, 0.3) is 0 Å². The van der Waals surface area contributed by atoms with E-state index in [1.165, 1.54) is 0 Å². The van der Waals surface area contributed by atoms with E-state index in [4.69, 9.17) is 29.1 Å². The summed E-state index contributed by atoms with van der Waals surface area (Å²) in [5.74, 6) is 0. The molecule has 0 N–H and O–H groups in total. The van der Waals surface area contributed by atoms with Gasteiger partial charge in [0.15, 0.2) is 0 Å². The molecular formula is C50H30O. The van der Waals surface area contributed by atoms with Gasteiger partial charge in [-0.1, -0.05) is 163 Å². The first-order valence-electron chi connectivity index (χ1n) is 30.2. The summed E-state index contributed by atoms with van der Waals surface area (Å²) >= 11 is 0. The Morgan fingerprint density at radius 3 is 1.55 bits per heavy atom. The summed E-state index contributed by atoms with van der Waals surface area (Å²) in [7, 11) is 0. The minimum atomic E-state index is -1.10. The molecule has 11 aromatic rings. The van der Waals surface area contributed by atoms with Gasteiger partial charge < -0.3 is 4.42 Å². The van der Waals surface area contributed by atoms with Gasteiger partial charge in [0, 0.05) is 16.3 Å². The molecule has 236 valence electrons. The Kier molecular flexibility index (Phi) is 2.50. The van der Waals surface area contributed by atoms with Crippen molar-refractivity contribution in [2.45, 2.75) is 0 Å². The van der Waals surface area contributed by atoms with E-state index >= 15 is 0 Å². The fourth-order valence-electron chi connectivity index (χ4n) is 6.41. The molecule has 1 aromatic heterocycles. The molecule has 0 aliphatic carbocycles. The third-order valence-electron chi connectivity index (χ3n) is 8.56. The van der Waals surface area contributed by atoms with Crippen LogP contribution in [0, 0.1) is 0 Å². The second kappa shape index (κ2) is 10.9. The molecule has 0 saturated carbocycles. The maximum atomic E-state index is 10.2. The van der Waals surface area contributed by atoms with Crippen LogP contribution in [0.4, 0.5) is 0 Å². The lowest BCUT2D eigenvalue weighted by Gasteiger charge is -2.18. The molecule has 51 heavy (non-hydrogen) atoms. The molecule has 0 fully saturated rings. The van der Waals surface area contributed by atoms with Crippen LogP contribution in [0.1, 0.15) is 41.1 Å². The van der Waals surface area contributed by atoms with Crippen LogP contribution in [0.5, 0.6) is 0 Å². The van der Waals surface area contributed by atoms with Gasteiger partial charge in [-0.05, 0) is 99.8 Å². The van der Waals surface area contributed by atoms with Gasteiger partial charge in [0.05, 0.1) is 41.1 Å². The lowest BCUT2D eigenvalue weighted by molar-refractivity contribution is 0.670. The first-order chi connectivity index (χ1) is 37.8. The lowest BCUT2D eigenvalue weighted by atomic mass is 9.85. The number of fused-ring (bicyclic) bond motifs is 9. The van der Waals surface area contributed by atoms with Gasteiger partial charge in [-0.3, -0.25) is 0 Å². The smallest absolute Gasteiger partial charge is 0.143 e. The van der Waals surface area contributed by atoms with Gasteiger partial charge in [-0.2, -0.15) is 0 Å². The van der Waals surface area contributed by atoms with Crippen molar-refractivity contribution in [3.8, 4) is 33.4 Å². The molecule has 0 unspecified atom stereocenters. The van der Waals surface area contributed by atoms with E-state index in [1.807, 2.05) is 0 Å². The van der Waals surface area contributed by atoms with E-state index in [0.717, 1.165) is 0 Å². The van der Waals surface area contributed by atoms with Gasteiger partial charge >= 0.3 is 0 Å². The van der Waals surface area contributed by atoms with Crippen molar-refractivity contribution in [1.29, 1.82) is 0 Å². The van der Waals surface area contributed by atoms with Crippen LogP contribution in [0.3, 0.4) is 0 Å². The van der Waals surface area contributed by atoms with Crippen molar-refractivity contribution in [3.05, 3.63) is 181 Å². The summed E-state index contributed by atoms with van der Waals surface area (Å²) in [4.78, 5) is 0.